The van der Waals surface area contributed by atoms with Crippen LogP contribution in [0.15, 0.2) is 47.1 Å². The number of hydrogen-bond donors (Lipinski definition) is 0. The molecule has 0 N–H and O–H groups in total. The van der Waals surface area contributed by atoms with E-state index in [2.05, 4.69) is 20.6 Å². The van der Waals surface area contributed by atoms with Crippen molar-refractivity contribution in [1.82, 2.24) is 25.4 Å². The third-order valence-electron chi connectivity index (χ3n) is 2.27. The molecule has 17 heavy (non-hydrogen) atoms. The first-order valence-corrected chi connectivity index (χ1v) is 5.14. The van der Waals surface area contributed by atoms with Crippen molar-refractivity contribution in [2.75, 3.05) is 0 Å². The van der Waals surface area contributed by atoms with Crippen LogP contribution in [-0.2, 0) is 6.54 Å². The minimum absolute atomic E-state index is 0.430. The van der Waals surface area contributed by atoms with Gasteiger partial charge in [-0.05, 0) is 5.21 Å². The Balaban J connectivity index is 1.84. The summed E-state index contributed by atoms with van der Waals surface area (Å²) in [4.78, 5) is 1.48. The highest BCUT2D eigenvalue weighted by Crippen LogP contribution is 2.12. The lowest BCUT2D eigenvalue weighted by molar-refractivity contribution is 0.362. The number of aromatic nitrogens is 5. The van der Waals surface area contributed by atoms with Crippen LogP contribution in [0.1, 0.15) is 5.76 Å². The number of tetrazole rings is 1. The molecular weight excluding hydrogens is 218 g/mol. The fourth-order valence-corrected chi connectivity index (χ4v) is 1.48. The fraction of sp³-hybridized carbons (Fsp3) is 0.0909. The molecule has 1 aromatic carbocycles. The largest absolute Gasteiger partial charge is 0.359 e. The van der Waals surface area contributed by atoms with Crippen LogP contribution < -0.4 is 0 Å². The smallest absolute Gasteiger partial charge is 0.204 e. The Morgan fingerprint density at radius 1 is 1.12 bits per heavy atom. The van der Waals surface area contributed by atoms with Crippen LogP contribution in [-0.4, -0.2) is 25.4 Å². The van der Waals surface area contributed by atoms with Gasteiger partial charge in [-0.3, -0.25) is 0 Å². The lowest BCUT2D eigenvalue weighted by Crippen LogP contribution is -2.02. The Labute approximate surface area is 96.9 Å². The summed E-state index contributed by atoms with van der Waals surface area (Å²) in [7, 11) is 0. The zero-order valence-corrected chi connectivity index (χ0v) is 8.89. The normalized spacial score (nSPS) is 10.6. The van der Waals surface area contributed by atoms with E-state index in [1.807, 2.05) is 30.3 Å². The lowest BCUT2D eigenvalue weighted by atomic mass is 10.2. The maximum atomic E-state index is 4.97. The molecule has 0 spiro atoms. The van der Waals surface area contributed by atoms with E-state index < -0.39 is 0 Å². The van der Waals surface area contributed by atoms with E-state index in [1.54, 1.807) is 12.3 Å². The highest BCUT2D eigenvalue weighted by molar-refractivity contribution is 5.52. The van der Waals surface area contributed by atoms with Crippen molar-refractivity contribution >= 4 is 0 Å². The van der Waals surface area contributed by atoms with Gasteiger partial charge in [0.2, 0.25) is 5.82 Å². The van der Waals surface area contributed by atoms with Crippen molar-refractivity contribution in [3.05, 3.63) is 48.4 Å². The van der Waals surface area contributed by atoms with Gasteiger partial charge in [0.15, 0.2) is 5.76 Å². The molecule has 84 valence electrons. The highest BCUT2D eigenvalue weighted by Gasteiger charge is 2.06. The zero-order valence-electron chi connectivity index (χ0n) is 8.89. The Bertz CT molecular complexity index is 587. The molecule has 0 aliphatic rings. The zero-order chi connectivity index (χ0) is 11.5. The molecule has 6 heteroatoms. The van der Waals surface area contributed by atoms with Gasteiger partial charge in [-0.15, -0.1) is 10.2 Å². The van der Waals surface area contributed by atoms with E-state index in [1.165, 1.54) is 4.80 Å². The second-order valence-corrected chi connectivity index (χ2v) is 3.49. The minimum Gasteiger partial charge on any atom is -0.359 e. The third-order valence-corrected chi connectivity index (χ3v) is 2.27. The molecule has 0 atom stereocenters. The number of nitrogens with zero attached hydrogens (tertiary/aromatic N) is 5. The van der Waals surface area contributed by atoms with Crippen molar-refractivity contribution in [2.24, 2.45) is 0 Å². The summed E-state index contributed by atoms with van der Waals surface area (Å²) in [5, 5.41) is 15.8. The molecule has 0 bridgehead atoms. The molecule has 2 heterocycles. The molecule has 6 nitrogen and oxygen atoms in total. The van der Waals surface area contributed by atoms with Crippen LogP contribution in [0.4, 0.5) is 0 Å². The molecule has 0 aliphatic carbocycles. The van der Waals surface area contributed by atoms with Gasteiger partial charge in [-0.2, -0.15) is 4.80 Å². The molecule has 0 aliphatic heterocycles. The van der Waals surface area contributed by atoms with E-state index in [4.69, 9.17) is 4.52 Å². The Morgan fingerprint density at radius 2 is 2.00 bits per heavy atom. The molecule has 2 aromatic heterocycles. The molecule has 0 fully saturated rings. The van der Waals surface area contributed by atoms with Crippen LogP contribution in [0, 0.1) is 0 Å². The third kappa shape index (κ3) is 2.05. The van der Waals surface area contributed by atoms with Gasteiger partial charge in [0.25, 0.3) is 0 Å². The van der Waals surface area contributed by atoms with Crippen molar-refractivity contribution in [3.8, 4) is 11.4 Å². The number of hydrogen-bond acceptors (Lipinski definition) is 5. The van der Waals surface area contributed by atoms with Crippen molar-refractivity contribution in [2.45, 2.75) is 6.54 Å². The van der Waals surface area contributed by atoms with Crippen LogP contribution >= 0.6 is 0 Å². The molecule has 0 unspecified atom stereocenters. The highest BCUT2D eigenvalue weighted by atomic mass is 16.5. The van der Waals surface area contributed by atoms with Crippen molar-refractivity contribution in [1.29, 1.82) is 0 Å². The second-order valence-electron chi connectivity index (χ2n) is 3.49. The molecular formula is C11H9N5O. The Kier molecular flexibility index (Phi) is 2.38. The molecule has 0 radical (unpaired) electrons. The monoisotopic (exact) mass is 227 g/mol. The Hall–Kier alpha value is -2.50. The first kappa shape index (κ1) is 9.71. The summed E-state index contributed by atoms with van der Waals surface area (Å²) >= 11 is 0. The average Bonchev–Trinajstić information content (AvgIpc) is 3.02. The van der Waals surface area contributed by atoms with Gasteiger partial charge in [-0.25, -0.2) is 0 Å². The first-order chi connectivity index (χ1) is 8.42. The van der Waals surface area contributed by atoms with Crippen molar-refractivity contribution < 1.29 is 4.52 Å². The summed E-state index contributed by atoms with van der Waals surface area (Å²) in [6, 6.07) is 11.5. The lowest BCUT2D eigenvalue weighted by Gasteiger charge is -1.93. The predicted molar refractivity (Wildman–Crippen MR) is 58.9 cm³/mol. The minimum atomic E-state index is 0.430. The molecule has 3 rings (SSSR count). The quantitative estimate of drug-likeness (QED) is 0.676. The topological polar surface area (TPSA) is 69.6 Å². The van der Waals surface area contributed by atoms with Crippen LogP contribution in [0.25, 0.3) is 11.4 Å². The fourth-order valence-electron chi connectivity index (χ4n) is 1.48. The summed E-state index contributed by atoms with van der Waals surface area (Å²) in [6.07, 6.45) is 1.59. The van der Waals surface area contributed by atoms with E-state index in [-0.39, 0.29) is 0 Å². The average molecular weight is 227 g/mol. The Morgan fingerprint density at radius 3 is 2.76 bits per heavy atom. The van der Waals surface area contributed by atoms with Gasteiger partial charge in [0.1, 0.15) is 6.54 Å². The SMILES string of the molecule is c1ccc(-c2nnn(Cc3ccno3)n2)cc1. The standard InChI is InChI=1S/C11H9N5O/c1-2-4-9(5-3-1)11-13-15-16(14-11)8-10-6-7-12-17-10/h1-7H,8H2. The molecule has 0 saturated heterocycles. The van der Waals surface area contributed by atoms with Crippen LogP contribution in [0.2, 0.25) is 0 Å². The molecule has 3 aromatic rings. The predicted octanol–water partition coefficient (Wildman–Crippen LogP) is 1.38. The van der Waals surface area contributed by atoms with Gasteiger partial charge < -0.3 is 4.52 Å². The second kappa shape index (κ2) is 4.17. The van der Waals surface area contributed by atoms with E-state index in [0.717, 1.165) is 5.56 Å². The number of rotatable bonds is 3. The van der Waals surface area contributed by atoms with Gasteiger partial charge >= 0.3 is 0 Å². The van der Waals surface area contributed by atoms with Crippen LogP contribution in [0.3, 0.4) is 0 Å². The van der Waals surface area contributed by atoms with Gasteiger partial charge in [0.05, 0.1) is 6.20 Å². The van der Waals surface area contributed by atoms with Gasteiger partial charge in [0, 0.05) is 11.6 Å². The maximum absolute atomic E-state index is 4.97. The van der Waals surface area contributed by atoms with E-state index in [9.17, 15) is 0 Å². The summed E-state index contributed by atoms with van der Waals surface area (Å²) in [6.45, 7) is 0.430. The first-order valence-electron chi connectivity index (χ1n) is 5.14. The maximum Gasteiger partial charge on any atom is 0.204 e. The van der Waals surface area contributed by atoms with E-state index in [0.29, 0.717) is 18.1 Å². The summed E-state index contributed by atoms with van der Waals surface area (Å²) in [5.41, 5.74) is 0.941. The summed E-state index contributed by atoms with van der Waals surface area (Å²) in [5.74, 6) is 1.30. The van der Waals surface area contributed by atoms with Gasteiger partial charge in [-0.1, -0.05) is 35.5 Å². The molecule has 0 amide bonds. The molecule has 0 saturated carbocycles. The van der Waals surface area contributed by atoms with E-state index >= 15 is 0 Å². The van der Waals surface area contributed by atoms with Crippen LogP contribution in [0.5, 0.6) is 0 Å². The van der Waals surface area contributed by atoms with Crippen molar-refractivity contribution in [3.63, 3.8) is 0 Å². The number of benzene rings is 1. The summed E-state index contributed by atoms with van der Waals surface area (Å²) < 4.78 is 4.97.